The molecule has 0 bridgehead atoms. The number of anilines is 1. The van der Waals surface area contributed by atoms with Crippen LogP contribution >= 0.6 is 11.6 Å². The van der Waals surface area contributed by atoms with Gasteiger partial charge in [0.2, 0.25) is 5.91 Å². The molecule has 1 heterocycles. The zero-order chi connectivity index (χ0) is 12.8. The van der Waals surface area contributed by atoms with Gasteiger partial charge in [-0.1, -0.05) is 25.4 Å². The lowest BCUT2D eigenvalue weighted by atomic mass is 9.96. The summed E-state index contributed by atoms with van der Waals surface area (Å²) in [5, 5.41) is 3.28. The van der Waals surface area contributed by atoms with Crippen LogP contribution in [0.5, 0.6) is 0 Å². The Balaban J connectivity index is 2.60. The van der Waals surface area contributed by atoms with E-state index < -0.39 is 0 Å². The van der Waals surface area contributed by atoms with Crippen LogP contribution in [-0.2, 0) is 4.79 Å². The maximum absolute atomic E-state index is 11.9. The maximum atomic E-state index is 11.9. The van der Waals surface area contributed by atoms with Gasteiger partial charge >= 0.3 is 0 Å². The van der Waals surface area contributed by atoms with E-state index in [0.717, 1.165) is 6.42 Å². The van der Waals surface area contributed by atoms with E-state index in [-0.39, 0.29) is 11.8 Å². The average molecular weight is 256 g/mol. The molecule has 0 radical (unpaired) electrons. The Morgan fingerprint density at radius 2 is 2.24 bits per heavy atom. The smallest absolute Gasteiger partial charge is 0.229 e. The van der Waals surface area contributed by atoms with E-state index in [4.69, 9.17) is 17.3 Å². The molecule has 1 amide bonds. The SMILES string of the molecule is CC(C)CC(CN)C(=O)Nc1ccc(Cl)cn1. The van der Waals surface area contributed by atoms with Crippen LogP contribution in [0.2, 0.25) is 5.02 Å². The summed E-state index contributed by atoms with van der Waals surface area (Å²) >= 11 is 5.71. The van der Waals surface area contributed by atoms with Crippen molar-refractivity contribution in [2.24, 2.45) is 17.6 Å². The highest BCUT2D eigenvalue weighted by atomic mass is 35.5. The predicted octanol–water partition coefficient (Wildman–Crippen LogP) is 2.29. The number of nitrogens with zero attached hydrogens (tertiary/aromatic N) is 1. The first-order valence-corrected chi connectivity index (χ1v) is 6.03. The van der Waals surface area contributed by atoms with Gasteiger partial charge in [0, 0.05) is 12.7 Å². The van der Waals surface area contributed by atoms with Crippen LogP contribution in [0, 0.1) is 11.8 Å². The van der Waals surface area contributed by atoms with E-state index in [2.05, 4.69) is 24.1 Å². The van der Waals surface area contributed by atoms with Crippen LogP contribution < -0.4 is 11.1 Å². The number of hydrogen-bond acceptors (Lipinski definition) is 3. The lowest BCUT2D eigenvalue weighted by Crippen LogP contribution is -2.30. The Morgan fingerprint density at radius 3 is 2.71 bits per heavy atom. The molecule has 1 aromatic heterocycles. The van der Waals surface area contributed by atoms with Crippen molar-refractivity contribution in [3.63, 3.8) is 0 Å². The van der Waals surface area contributed by atoms with E-state index in [1.807, 2.05) is 0 Å². The van der Waals surface area contributed by atoms with Gasteiger partial charge in [0.15, 0.2) is 0 Å². The molecule has 0 aliphatic rings. The summed E-state index contributed by atoms with van der Waals surface area (Å²) in [6.45, 7) is 4.48. The minimum Gasteiger partial charge on any atom is -0.330 e. The molecule has 0 aliphatic heterocycles. The van der Waals surface area contributed by atoms with Crippen molar-refractivity contribution in [1.82, 2.24) is 4.98 Å². The third-order valence-electron chi connectivity index (χ3n) is 2.39. The van der Waals surface area contributed by atoms with Crippen LogP contribution in [0.25, 0.3) is 0 Å². The van der Waals surface area contributed by atoms with Crippen molar-refractivity contribution in [3.8, 4) is 0 Å². The number of nitrogens with two attached hydrogens (primary N) is 1. The molecule has 0 saturated carbocycles. The van der Waals surface area contributed by atoms with E-state index in [0.29, 0.717) is 23.3 Å². The summed E-state index contributed by atoms with van der Waals surface area (Å²) in [6.07, 6.45) is 2.27. The average Bonchev–Trinajstić information content (AvgIpc) is 2.28. The number of pyridine rings is 1. The topological polar surface area (TPSA) is 68.0 Å². The molecular weight excluding hydrogens is 238 g/mol. The second kappa shape index (κ2) is 6.57. The molecule has 5 heteroatoms. The summed E-state index contributed by atoms with van der Waals surface area (Å²) in [6, 6.07) is 3.35. The van der Waals surface area contributed by atoms with Crippen molar-refractivity contribution in [3.05, 3.63) is 23.4 Å². The van der Waals surface area contributed by atoms with Gasteiger partial charge in [-0.2, -0.15) is 0 Å². The molecule has 0 aromatic carbocycles. The molecule has 3 N–H and O–H groups in total. The lowest BCUT2D eigenvalue weighted by Gasteiger charge is -2.16. The van der Waals surface area contributed by atoms with E-state index in [9.17, 15) is 4.79 Å². The molecule has 1 aromatic rings. The van der Waals surface area contributed by atoms with Gasteiger partial charge in [0.25, 0.3) is 0 Å². The number of halogens is 1. The van der Waals surface area contributed by atoms with Crippen molar-refractivity contribution < 1.29 is 4.79 Å². The predicted molar refractivity (Wildman–Crippen MR) is 69.9 cm³/mol. The zero-order valence-electron chi connectivity index (χ0n) is 10.1. The number of aromatic nitrogens is 1. The number of amides is 1. The van der Waals surface area contributed by atoms with Crippen LogP contribution in [0.15, 0.2) is 18.3 Å². The van der Waals surface area contributed by atoms with E-state index in [1.54, 1.807) is 12.1 Å². The summed E-state index contributed by atoms with van der Waals surface area (Å²) in [5.74, 6) is 0.678. The third kappa shape index (κ3) is 4.71. The minimum absolute atomic E-state index is 0.0870. The second-order valence-electron chi connectivity index (χ2n) is 4.41. The Hall–Kier alpha value is -1.13. The van der Waals surface area contributed by atoms with Gasteiger partial charge in [-0.25, -0.2) is 4.98 Å². The molecule has 94 valence electrons. The van der Waals surface area contributed by atoms with Crippen molar-refractivity contribution in [2.75, 3.05) is 11.9 Å². The van der Waals surface area contributed by atoms with Crippen LogP contribution in [0.4, 0.5) is 5.82 Å². The van der Waals surface area contributed by atoms with Gasteiger partial charge in [0.05, 0.1) is 10.9 Å². The quantitative estimate of drug-likeness (QED) is 0.848. The highest BCUT2D eigenvalue weighted by molar-refractivity contribution is 6.30. The molecule has 1 unspecified atom stereocenters. The molecule has 0 aliphatic carbocycles. The molecule has 17 heavy (non-hydrogen) atoms. The summed E-state index contributed by atoms with van der Waals surface area (Å²) in [5.41, 5.74) is 5.60. The highest BCUT2D eigenvalue weighted by Crippen LogP contribution is 2.14. The first-order chi connectivity index (χ1) is 8.02. The Morgan fingerprint density at radius 1 is 1.53 bits per heavy atom. The molecular formula is C12H18ClN3O. The van der Waals surface area contributed by atoms with Gasteiger partial charge < -0.3 is 11.1 Å². The number of carbonyl (C=O) groups excluding carboxylic acids is 1. The number of nitrogens with one attached hydrogen (secondary N) is 1. The Bertz CT molecular complexity index is 365. The van der Waals surface area contributed by atoms with E-state index >= 15 is 0 Å². The fourth-order valence-electron chi connectivity index (χ4n) is 1.56. The molecule has 1 atom stereocenters. The monoisotopic (exact) mass is 255 g/mol. The summed E-state index contributed by atoms with van der Waals surface area (Å²) in [4.78, 5) is 15.9. The van der Waals surface area contributed by atoms with Gasteiger partial charge in [-0.15, -0.1) is 0 Å². The maximum Gasteiger partial charge on any atom is 0.229 e. The standard InChI is InChI=1S/C12H18ClN3O/c1-8(2)5-9(6-14)12(17)16-11-4-3-10(13)7-15-11/h3-4,7-9H,5-6,14H2,1-2H3,(H,15,16,17). The Labute approximate surface area is 107 Å². The number of carbonyl (C=O) groups is 1. The van der Waals surface area contributed by atoms with Crippen molar-refractivity contribution in [1.29, 1.82) is 0 Å². The number of hydrogen-bond donors (Lipinski definition) is 2. The van der Waals surface area contributed by atoms with Crippen molar-refractivity contribution in [2.45, 2.75) is 20.3 Å². The first kappa shape index (κ1) is 13.9. The minimum atomic E-state index is -0.174. The molecule has 0 spiro atoms. The van der Waals surface area contributed by atoms with Gasteiger partial charge in [-0.3, -0.25) is 4.79 Å². The van der Waals surface area contributed by atoms with E-state index in [1.165, 1.54) is 6.20 Å². The first-order valence-electron chi connectivity index (χ1n) is 5.65. The molecule has 1 rings (SSSR count). The number of rotatable bonds is 5. The van der Waals surface area contributed by atoms with Crippen molar-refractivity contribution >= 4 is 23.3 Å². The fourth-order valence-corrected chi connectivity index (χ4v) is 1.67. The Kier molecular flexibility index (Phi) is 5.38. The normalized spacial score (nSPS) is 12.5. The van der Waals surface area contributed by atoms with Gasteiger partial charge in [-0.05, 0) is 24.5 Å². The van der Waals surface area contributed by atoms with Crippen LogP contribution in [0.3, 0.4) is 0 Å². The zero-order valence-corrected chi connectivity index (χ0v) is 10.9. The summed E-state index contributed by atoms with van der Waals surface area (Å²) < 4.78 is 0. The lowest BCUT2D eigenvalue weighted by molar-refractivity contribution is -0.120. The van der Waals surface area contributed by atoms with Crippen LogP contribution in [-0.4, -0.2) is 17.4 Å². The molecule has 0 saturated heterocycles. The summed E-state index contributed by atoms with van der Waals surface area (Å²) in [7, 11) is 0. The second-order valence-corrected chi connectivity index (χ2v) is 4.85. The highest BCUT2D eigenvalue weighted by Gasteiger charge is 2.18. The molecule has 4 nitrogen and oxygen atoms in total. The molecule has 0 fully saturated rings. The van der Waals surface area contributed by atoms with Crippen LogP contribution in [0.1, 0.15) is 20.3 Å². The third-order valence-corrected chi connectivity index (χ3v) is 2.61. The van der Waals surface area contributed by atoms with Gasteiger partial charge in [0.1, 0.15) is 5.82 Å². The largest absolute Gasteiger partial charge is 0.330 e. The fraction of sp³-hybridized carbons (Fsp3) is 0.500.